The maximum Gasteiger partial charge on any atom is -0.000000747 e. The fourth-order valence-corrected chi connectivity index (χ4v) is 2.33. The Balaban J connectivity index is 2.17. The minimum atomic E-state index is 0.428. The lowest BCUT2D eigenvalue weighted by atomic mass is 9.80. The molecule has 0 spiro atoms. The molecule has 84 valence electrons. The first kappa shape index (κ1) is 12.0. The lowest BCUT2D eigenvalue weighted by molar-refractivity contribution is 0.238. The van der Waals surface area contributed by atoms with Gasteiger partial charge in [0.15, 0.2) is 0 Å². The molecule has 0 amide bonds. The minimum Gasteiger partial charge on any atom is -0.316 e. The highest BCUT2D eigenvalue weighted by atomic mass is 14.9. The van der Waals surface area contributed by atoms with Crippen molar-refractivity contribution in [2.24, 2.45) is 17.3 Å². The minimum absolute atomic E-state index is 0.428. The summed E-state index contributed by atoms with van der Waals surface area (Å²) < 4.78 is 0. The van der Waals surface area contributed by atoms with E-state index in [9.17, 15) is 0 Å². The Kier molecular flexibility index (Phi) is 4.43. The van der Waals surface area contributed by atoms with Gasteiger partial charge in [0, 0.05) is 0 Å². The SMILES string of the molecule is CC1CCCCC1CNCC(C)(C)C. The van der Waals surface area contributed by atoms with Gasteiger partial charge in [-0.3, -0.25) is 0 Å². The van der Waals surface area contributed by atoms with Crippen molar-refractivity contribution in [3.8, 4) is 0 Å². The molecule has 0 aromatic rings. The second-order valence-corrected chi connectivity index (χ2v) is 6.21. The fourth-order valence-electron chi connectivity index (χ4n) is 2.33. The molecule has 0 heterocycles. The predicted octanol–water partition coefficient (Wildman–Crippen LogP) is 3.45. The van der Waals surface area contributed by atoms with Crippen molar-refractivity contribution in [3.63, 3.8) is 0 Å². The second kappa shape index (κ2) is 5.16. The molecule has 0 radical (unpaired) electrons. The summed E-state index contributed by atoms with van der Waals surface area (Å²) >= 11 is 0. The highest BCUT2D eigenvalue weighted by Crippen LogP contribution is 2.28. The molecule has 2 atom stereocenters. The Hall–Kier alpha value is -0.0400. The van der Waals surface area contributed by atoms with Gasteiger partial charge < -0.3 is 5.32 Å². The van der Waals surface area contributed by atoms with Gasteiger partial charge in [0.1, 0.15) is 0 Å². The smallest absolute Gasteiger partial charge is 0.000000747 e. The van der Waals surface area contributed by atoms with Gasteiger partial charge in [-0.15, -0.1) is 0 Å². The van der Waals surface area contributed by atoms with Crippen LogP contribution in [-0.4, -0.2) is 13.1 Å². The maximum absolute atomic E-state index is 3.63. The van der Waals surface area contributed by atoms with Gasteiger partial charge in [0.25, 0.3) is 0 Å². The summed E-state index contributed by atoms with van der Waals surface area (Å²) in [6.07, 6.45) is 5.79. The molecule has 1 N–H and O–H groups in total. The fraction of sp³-hybridized carbons (Fsp3) is 1.00. The zero-order valence-electron chi connectivity index (χ0n) is 10.4. The molecule has 0 saturated heterocycles. The standard InChI is InChI=1S/C13H27N/c1-11-7-5-6-8-12(11)9-14-10-13(2,3)4/h11-12,14H,5-10H2,1-4H3. The summed E-state index contributed by atoms with van der Waals surface area (Å²) in [5, 5.41) is 3.63. The second-order valence-electron chi connectivity index (χ2n) is 6.21. The molecule has 1 nitrogen and oxygen atoms in total. The van der Waals surface area contributed by atoms with Crippen LogP contribution < -0.4 is 5.32 Å². The Morgan fingerprint density at radius 2 is 1.79 bits per heavy atom. The molecule has 14 heavy (non-hydrogen) atoms. The summed E-state index contributed by atoms with van der Waals surface area (Å²) in [4.78, 5) is 0. The van der Waals surface area contributed by atoms with E-state index in [4.69, 9.17) is 0 Å². The number of rotatable bonds is 3. The van der Waals surface area contributed by atoms with Crippen LogP contribution in [0.2, 0.25) is 0 Å². The number of nitrogens with one attached hydrogen (secondary N) is 1. The maximum atomic E-state index is 3.63. The Morgan fingerprint density at radius 1 is 1.14 bits per heavy atom. The van der Waals surface area contributed by atoms with Crippen LogP contribution in [-0.2, 0) is 0 Å². The first-order valence-electron chi connectivity index (χ1n) is 6.20. The first-order valence-corrected chi connectivity index (χ1v) is 6.20. The van der Waals surface area contributed by atoms with Crippen LogP contribution in [0.1, 0.15) is 53.4 Å². The van der Waals surface area contributed by atoms with E-state index in [-0.39, 0.29) is 0 Å². The molecule has 1 saturated carbocycles. The van der Waals surface area contributed by atoms with Crippen LogP contribution in [0.25, 0.3) is 0 Å². The quantitative estimate of drug-likeness (QED) is 0.730. The van der Waals surface area contributed by atoms with Gasteiger partial charge in [-0.25, -0.2) is 0 Å². The molecular weight excluding hydrogens is 170 g/mol. The zero-order chi connectivity index (χ0) is 10.6. The van der Waals surface area contributed by atoms with E-state index in [0.717, 1.165) is 18.4 Å². The number of hydrogen-bond donors (Lipinski definition) is 1. The van der Waals surface area contributed by atoms with Gasteiger partial charge in [0.2, 0.25) is 0 Å². The molecule has 1 fully saturated rings. The zero-order valence-corrected chi connectivity index (χ0v) is 10.4. The summed E-state index contributed by atoms with van der Waals surface area (Å²) in [6.45, 7) is 11.7. The van der Waals surface area contributed by atoms with Gasteiger partial charge in [-0.1, -0.05) is 47.0 Å². The van der Waals surface area contributed by atoms with Gasteiger partial charge in [-0.05, 0) is 36.8 Å². The predicted molar refractivity (Wildman–Crippen MR) is 63.4 cm³/mol. The Bertz CT molecular complexity index is 157. The van der Waals surface area contributed by atoms with E-state index < -0.39 is 0 Å². The van der Waals surface area contributed by atoms with E-state index in [1.165, 1.54) is 32.2 Å². The van der Waals surface area contributed by atoms with E-state index in [2.05, 4.69) is 33.0 Å². The molecule has 1 aliphatic carbocycles. The molecule has 2 unspecified atom stereocenters. The first-order chi connectivity index (χ1) is 6.49. The van der Waals surface area contributed by atoms with Crippen molar-refractivity contribution in [3.05, 3.63) is 0 Å². The molecule has 0 aromatic carbocycles. The summed E-state index contributed by atoms with van der Waals surface area (Å²) in [6, 6.07) is 0. The summed E-state index contributed by atoms with van der Waals surface area (Å²) in [7, 11) is 0. The monoisotopic (exact) mass is 197 g/mol. The normalized spacial score (nSPS) is 29.1. The summed E-state index contributed by atoms with van der Waals surface area (Å²) in [5.41, 5.74) is 0.428. The lowest BCUT2D eigenvalue weighted by Crippen LogP contribution is -2.34. The molecular formula is C13H27N. The van der Waals surface area contributed by atoms with Crippen molar-refractivity contribution in [2.45, 2.75) is 53.4 Å². The Labute approximate surface area is 89.7 Å². The van der Waals surface area contributed by atoms with Crippen molar-refractivity contribution in [2.75, 3.05) is 13.1 Å². The largest absolute Gasteiger partial charge is 0.316 e. The third kappa shape index (κ3) is 4.45. The van der Waals surface area contributed by atoms with Crippen LogP contribution in [0.3, 0.4) is 0 Å². The van der Waals surface area contributed by atoms with E-state index in [1.54, 1.807) is 0 Å². The molecule has 0 aromatic heterocycles. The molecule has 1 rings (SSSR count). The van der Waals surface area contributed by atoms with Crippen molar-refractivity contribution in [1.29, 1.82) is 0 Å². The highest BCUT2D eigenvalue weighted by molar-refractivity contribution is 4.75. The average Bonchev–Trinajstić information content (AvgIpc) is 2.06. The molecule has 1 aliphatic rings. The van der Waals surface area contributed by atoms with Crippen molar-refractivity contribution < 1.29 is 0 Å². The van der Waals surface area contributed by atoms with Crippen LogP contribution in [0.5, 0.6) is 0 Å². The number of hydrogen-bond acceptors (Lipinski definition) is 1. The lowest BCUT2D eigenvalue weighted by Gasteiger charge is -2.30. The van der Waals surface area contributed by atoms with Crippen LogP contribution in [0.4, 0.5) is 0 Å². The van der Waals surface area contributed by atoms with Crippen LogP contribution in [0.15, 0.2) is 0 Å². The third-order valence-electron chi connectivity index (χ3n) is 3.35. The highest BCUT2D eigenvalue weighted by Gasteiger charge is 2.21. The topological polar surface area (TPSA) is 12.0 Å². The van der Waals surface area contributed by atoms with Crippen LogP contribution in [0, 0.1) is 17.3 Å². The van der Waals surface area contributed by atoms with Gasteiger partial charge >= 0.3 is 0 Å². The van der Waals surface area contributed by atoms with Gasteiger partial charge in [-0.2, -0.15) is 0 Å². The summed E-state index contributed by atoms with van der Waals surface area (Å²) in [5.74, 6) is 1.88. The van der Waals surface area contributed by atoms with Crippen LogP contribution >= 0.6 is 0 Å². The average molecular weight is 197 g/mol. The van der Waals surface area contributed by atoms with E-state index >= 15 is 0 Å². The molecule has 0 aliphatic heterocycles. The van der Waals surface area contributed by atoms with E-state index in [0.29, 0.717) is 5.41 Å². The molecule has 1 heteroatoms. The third-order valence-corrected chi connectivity index (χ3v) is 3.35. The van der Waals surface area contributed by atoms with Crippen molar-refractivity contribution in [1.82, 2.24) is 5.32 Å². The molecule has 0 bridgehead atoms. The van der Waals surface area contributed by atoms with Crippen molar-refractivity contribution >= 4 is 0 Å². The van der Waals surface area contributed by atoms with E-state index in [1.807, 2.05) is 0 Å². The Morgan fingerprint density at radius 3 is 2.36 bits per heavy atom. The van der Waals surface area contributed by atoms with Gasteiger partial charge in [0.05, 0.1) is 0 Å².